The van der Waals surface area contributed by atoms with Crippen LogP contribution in [0.15, 0.2) is 48.5 Å². The number of nitrogens with one attached hydrogen (secondary N) is 1. The van der Waals surface area contributed by atoms with Crippen LogP contribution in [0.2, 0.25) is 0 Å². The molecule has 1 atom stereocenters. The molecule has 4 nitrogen and oxygen atoms in total. The maximum absolute atomic E-state index is 13.6. The van der Waals surface area contributed by atoms with Crippen LogP contribution >= 0.6 is 0 Å². The maximum atomic E-state index is 13.6. The molecule has 0 aliphatic carbocycles. The van der Waals surface area contributed by atoms with E-state index in [1.54, 1.807) is 12.1 Å². The molecular weight excluding hydrogens is 295 g/mol. The lowest BCUT2D eigenvalue weighted by Gasteiger charge is -2.24. The number of nitrogens with zero attached hydrogens (tertiary/aromatic N) is 1. The fraction of sp³-hybridized carbons (Fsp3) is 0.278. The molecule has 2 rings (SSSR count). The normalized spacial score (nSPS) is 11.8. The van der Waals surface area contributed by atoms with Gasteiger partial charge in [0.2, 0.25) is 0 Å². The van der Waals surface area contributed by atoms with Crippen LogP contribution in [0, 0.1) is 12.7 Å². The van der Waals surface area contributed by atoms with E-state index in [9.17, 15) is 14.3 Å². The van der Waals surface area contributed by atoms with Crippen LogP contribution in [0.1, 0.15) is 24.2 Å². The number of hydrogen-bond acceptors (Lipinski definition) is 2. The molecule has 0 aromatic heterocycles. The topological polar surface area (TPSA) is 52.6 Å². The van der Waals surface area contributed by atoms with Crippen molar-refractivity contribution in [2.24, 2.45) is 0 Å². The van der Waals surface area contributed by atoms with Crippen molar-refractivity contribution >= 4 is 11.7 Å². The van der Waals surface area contributed by atoms with E-state index >= 15 is 0 Å². The largest absolute Gasteiger partial charge is 0.387 e. The Morgan fingerprint density at radius 3 is 2.48 bits per heavy atom. The molecule has 5 heteroatoms. The van der Waals surface area contributed by atoms with Gasteiger partial charge in [-0.05, 0) is 31.5 Å². The van der Waals surface area contributed by atoms with Gasteiger partial charge in [0.1, 0.15) is 5.82 Å². The first-order valence-electron chi connectivity index (χ1n) is 7.56. The van der Waals surface area contributed by atoms with Crippen molar-refractivity contribution in [2.45, 2.75) is 20.0 Å². The van der Waals surface area contributed by atoms with E-state index in [-0.39, 0.29) is 12.2 Å². The summed E-state index contributed by atoms with van der Waals surface area (Å²) in [7, 11) is 0. The molecule has 0 spiro atoms. The number of aryl methyl sites for hydroxylation is 1. The predicted octanol–water partition coefficient (Wildman–Crippen LogP) is 3.72. The van der Waals surface area contributed by atoms with E-state index in [1.807, 2.05) is 38.1 Å². The highest BCUT2D eigenvalue weighted by molar-refractivity contribution is 5.89. The van der Waals surface area contributed by atoms with Crippen LogP contribution in [0.4, 0.5) is 14.9 Å². The summed E-state index contributed by atoms with van der Waals surface area (Å²) >= 11 is 0. The smallest absolute Gasteiger partial charge is 0.322 e. The SMILES string of the molecule is CCN(CC(O)c1ccc(C)cc1)C(=O)Nc1ccccc1F. The molecule has 0 saturated carbocycles. The summed E-state index contributed by atoms with van der Waals surface area (Å²) in [6, 6.07) is 13.0. The zero-order valence-electron chi connectivity index (χ0n) is 13.3. The van der Waals surface area contributed by atoms with E-state index in [0.29, 0.717) is 6.54 Å². The maximum Gasteiger partial charge on any atom is 0.322 e. The molecule has 122 valence electrons. The molecule has 2 amide bonds. The molecule has 0 heterocycles. The average molecular weight is 316 g/mol. The highest BCUT2D eigenvalue weighted by Crippen LogP contribution is 2.17. The molecule has 0 fully saturated rings. The number of halogens is 1. The van der Waals surface area contributed by atoms with Gasteiger partial charge in [0, 0.05) is 6.54 Å². The van der Waals surface area contributed by atoms with Gasteiger partial charge >= 0.3 is 6.03 Å². The summed E-state index contributed by atoms with van der Waals surface area (Å²) in [5.74, 6) is -0.490. The molecule has 0 aliphatic rings. The Morgan fingerprint density at radius 2 is 1.87 bits per heavy atom. The minimum Gasteiger partial charge on any atom is -0.387 e. The Kier molecular flexibility index (Phi) is 5.71. The summed E-state index contributed by atoms with van der Waals surface area (Å²) in [5.41, 5.74) is 1.97. The first kappa shape index (κ1) is 17.0. The fourth-order valence-corrected chi connectivity index (χ4v) is 2.22. The lowest BCUT2D eigenvalue weighted by Crippen LogP contribution is -2.38. The van der Waals surface area contributed by atoms with Crippen LogP contribution in [0.25, 0.3) is 0 Å². The van der Waals surface area contributed by atoms with Crippen LogP contribution < -0.4 is 5.32 Å². The van der Waals surface area contributed by atoms with Crippen molar-refractivity contribution < 1.29 is 14.3 Å². The van der Waals surface area contributed by atoms with Crippen molar-refractivity contribution in [3.05, 3.63) is 65.5 Å². The molecule has 0 bridgehead atoms. The van der Waals surface area contributed by atoms with E-state index < -0.39 is 18.0 Å². The zero-order valence-corrected chi connectivity index (χ0v) is 13.3. The van der Waals surface area contributed by atoms with E-state index in [2.05, 4.69) is 5.32 Å². The zero-order chi connectivity index (χ0) is 16.8. The van der Waals surface area contributed by atoms with Gasteiger partial charge < -0.3 is 15.3 Å². The lowest BCUT2D eigenvalue weighted by atomic mass is 10.1. The second kappa shape index (κ2) is 7.74. The van der Waals surface area contributed by atoms with Gasteiger partial charge in [-0.3, -0.25) is 0 Å². The van der Waals surface area contributed by atoms with E-state index in [0.717, 1.165) is 11.1 Å². The molecule has 0 radical (unpaired) electrons. The number of para-hydroxylation sites is 1. The van der Waals surface area contributed by atoms with Gasteiger partial charge in [0.05, 0.1) is 18.3 Å². The molecule has 2 aromatic carbocycles. The molecule has 0 aliphatic heterocycles. The van der Waals surface area contributed by atoms with Crippen LogP contribution in [-0.4, -0.2) is 29.1 Å². The molecule has 2 aromatic rings. The average Bonchev–Trinajstić information content (AvgIpc) is 2.55. The van der Waals surface area contributed by atoms with Crippen LogP contribution in [0.3, 0.4) is 0 Å². The van der Waals surface area contributed by atoms with Crippen molar-refractivity contribution in [3.63, 3.8) is 0 Å². The Hall–Kier alpha value is -2.40. The number of carbonyl (C=O) groups is 1. The third-order valence-electron chi connectivity index (χ3n) is 3.64. The number of anilines is 1. The van der Waals surface area contributed by atoms with Crippen molar-refractivity contribution in [1.29, 1.82) is 0 Å². The third kappa shape index (κ3) is 4.53. The first-order valence-corrected chi connectivity index (χ1v) is 7.56. The van der Waals surface area contributed by atoms with Gasteiger partial charge in [-0.15, -0.1) is 0 Å². The van der Waals surface area contributed by atoms with E-state index in [4.69, 9.17) is 0 Å². The molecule has 23 heavy (non-hydrogen) atoms. The molecular formula is C18H21FN2O2. The lowest BCUT2D eigenvalue weighted by molar-refractivity contribution is 0.128. The first-order chi connectivity index (χ1) is 11.0. The van der Waals surface area contributed by atoms with Crippen molar-refractivity contribution in [3.8, 4) is 0 Å². The van der Waals surface area contributed by atoms with E-state index in [1.165, 1.54) is 17.0 Å². The number of aliphatic hydroxyl groups is 1. The summed E-state index contributed by atoms with van der Waals surface area (Å²) in [4.78, 5) is 13.7. The number of likely N-dealkylation sites (N-methyl/N-ethyl adjacent to an activating group) is 1. The predicted molar refractivity (Wildman–Crippen MR) is 88.8 cm³/mol. The van der Waals surface area contributed by atoms with Gasteiger partial charge in [0.15, 0.2) is 0 Å². The van der Waals surface area contributed by atoms with Gasteiger partial charge in [-0.25, -0.2) is 9.18 Å². The molecule has 2 N–H and O–H groups in total. The quantitative estimate of drug-likeness (QED) is 0.883. The Bertz CT molecular complexity index is 658. The highest BCUT2D eigenvalue weighted by Gasteiger charge is 2.18. The molecule has 0 saturated heterocycles. The van der Waals surface area contributed by atoms with Gasteiger partial charge in [0.25, 0.3) is 0 Å². The fourth-order valence-electron chi connectivity index (χ4n) is 2.22. The number of amides is 2. The summed E-state index contributed by atoms with van der Waals surface area (Å²) < 4.78 is 13.6. The standard InChI is InChI=1S/C18H21FN2O2/c1-3-21(12-17(22)14-10-8-13(2)9-11-14)18(23)20-16-7-5-4-6-15(16)19/h4-11,17,22H,3,12H2,1-2H3,(H,20,23). The second-order valence-electron chi connectivity index (χ2n) is 5.38. The van der Waals surface area contributed by atoms with Gasteiger partial charge in [-0.1, -0.05) is 42.0 Å². The minimum atomic E-state index is -0.790. The second-order valence-corrected chi connectivity index (χ2v) is 5.38. The number of hydrogen-bond donors (Lipinski definition) is 2. The van der Waals surface area contributed by atoms with Gasteiger partial charge in [-0.2, -0.15) is 0 Å². The van der Waals surface area contributed by atoms with Crippen LogP contribution in [0.5, 0.6) is 0 Å². The number of aliphatic hydroxyl groups excluding tert-OH is 1. The minimum absolute atomic E-state index is 0.126. The number of benzene rings is 2. The van der Waals surface area contributed by atoms with Crippen molar-refractivity contribution in [2.75, 3.05) is 18.4 Å². The summed E-state index contributed by atoms with van der Waals surface area (Å²) in [5, 5.41) is 12.8. The number of rotatable bonds is 5. The van der Waals surface area contributed by atoms with Crippen molar-refractivity contribution in [1.82, 2.24) is 4.90 Å². The number of urea groups is 1. The van der Waals surface area contributed by atoms with Crippen LogP contribution in [-0.2, 0) is 0 Å². The highest BCUT2D eigenvalue weighted by atomic mass is 19.1. The third-order valence-corrected chi connectivity index (χ3v) is 3.64. The Labute approximate surface area is 135 Å². The Morgan fingerprint density at radius 1 is 1.22 bits per heavy atom. The number of carbonyl (C=O) groups excluding carboxylic acids is 1. The summed E-state index contributed by atoms with van der Waals surface area (Å²) in [6.45, 7) is 4.32. The monoisotopic (exact) mass is 316 g/mol. The Balaban J connectivity index is 2.02. The summed E-state index contributed by atoms with van der Waals surface area (Å²) in [6.07, 6.45) is -0.790. The molecule has 1 unspecified atom stereocenters.